The molecule has 62 heavy (non-hydrogen) atoms. The second kappa shape index (κ2) is 16.1. The van der Waals surface area contributed by atoms with Crippen LogP contribution in [0, 0.1) is 0 Å². The number of para-hydroxylation sites is 2. The van der Waals surface area contributed by atoms with Gasteiger partial charge in [0, 0.05) is 27.7 Å². The fraction of sp³-hybridized carbons (Fsp3) is 0. The molecule has 0 aliphatic rings. The summed E-state index contributed by atoms with van der Waals surface area (Å²) in [6, 6.07) is 89.1. The highest BCUT2D eigenvalue weighted by atomic mass is 16.3. The first-order chi connectivity index (χ1) is 30.7. The normalized spacial score (nSPS) is 11.2. The van der Waals surface area contributed by atoms with Crippen LogP contribution in [0.5, 0.6) is 0 Å². The molecule has 0 fully saturated rings. The Hall–Kier alpha value is -8.20. The Labute approximate surface area is 362 Å². The second-order valence-electron chi connectivity index (χ2n) is 15.7. The number of nitrogens with zero attached hydrogens (tertiary/aromatic N) is 1. The Morgan fingerprint density at radius 1 is 0.242 bits per heavy atom. The SMILES string of the molecule is c1ccc(-c2cccc(-c3ccc(N(c4ccc(-c5ccc6c(c5)oc5ccccc56)cc4)c4ccccc4-c4ccccc4-c4ccccc4-c4ccccc4)cc3)c2)cc1. The minimum absolute atomic E-state index is 0.894. The van der Waals surface area contributed by atoms with E-state index in [1.54, 1.807) is 0 Å². The van der Waals surface area contributed by atoms with Crippen LogP contribution < -0.4 is 4.90 Å². The third-order valence-electron chi connectivity index (χ3n) is 11.9. The van der Waals surface area contributed by atoms with Crippen molar-refractivity contribution in [1.82, 2.24) is 0 Å². The predicted octanol–water partition coefficient (Wildman–Crippen LogP) is 17.1. The molecule has 11 rings (SSSR count). The number of benzene rings is 10. The maximum Gasteiger partial charge on any atom is 0.136 e. The van der Waals surface area contributed by atoms with E-state index in [0.717, 1.165) is 55.7 Å². The molecule has 292 valence electrons. The van der Waals surface area contributed by atoms with Gasteiger partial charge < -0.3 is 9.32 Å². The van der Waals surface area contributed by atoms with Gasteiger partial charge in [0.15, 0.2) is 0 Å². The average molecular weight is 792 g/mol. The molecule has 0 unspecified atom stereocenters. The van der Waals surface area contributed by atoms with Crippen molar-refractivity contribution in [2.75, 3.05) is 4.90 Å². The van der Waals surface area contributed by atoms with Crippen LogP contribution in [-0.4, -0.2) is 0 Å². The van der Waals surface area contributed by atoms with Gasteiger partial charge in [0.05, 0.1) is 5.69 Å². The van der Waals surface area contributed by atoms with E-state index in [1.807, 2.05) is 12.1 Å². The van der Waals surface area contributed by atoms with Crippen molar-refractivity contribution in [3.63, 3.8) is 0 Å². The minimum Gasteiger partial charge on any atom is -0.456 e. The largest absolute Gasteiger partial charge is 0.456 e. The fourth-order valence-electron chi connectivity index (χ4n) is 8.88. The number of hydrogen-bond donors (Lipinski definition) is 0. The lowest BCUT2D eigenvalue weighted by molar-refractivity contribution is 0.669. The maximum atomic E-state index is 6.28. The quantitative estimate of drug-likeness (QED) is 0.145. The molecule has 0 spiro atoms. The molecule has 0 atom stereocenters. The summed E-state index contributed by atoms with van der Waals surface area (Å²) in [7, 11) is 0. The topological polar surface area (TPSA) is 16.4 Å². The first-order valence-electron chi connectivity index (χ1n) is 21.2. The van der Waals surface area contributed by atoms with Crippen molar-refractivity contribution < 1.29 is 4.42 Å². The third kappa shape index (κ3) is 6.94. The third-order valence-corrected chi connectivity index (χ3v) is 11.9. The maximum absolute atomic E-state index is 6.28. The number of hydrogen-bond acceptors (Lipinski definition) is 2. The van der Waals surface area contributed by atoms with Gasteiger partial charge in [0.1, 0.15) is 11.2 Å². The molecule has 2 nitrogen and oxygen atoms in total. The predicted molar refractivity (Wildman–Crippen MR) is 261 cm³/mol. The molecule has 0 amide bonds. The molecule has 0 saturated heterocycles. The monoisotopic (exact) mass is 791 g/mol. The number of furan rings is 1. The summed E-state index contributed by atoms with van der Waals surface area (Å²) in [5.74, 6) is 0. The van der Waals surface area contributed by atoms with Gasteiger partial charge in [0.25, 0.3) is 0 Å². The van der Waals surface area contributed by atoms with E-state index in [-0.39, 0.29) is 0 Å². The van der Waals surface area contributed by atoms with Crippen LogP contribution >= 0.6 is 0 Å². The lowest BCUT2D eigenvalue weighted by Gasteiger charge is -2.29. The van der Waals surface area contributed by atoms with Crippen LogP contribution in [0.1, 0.15) is 0 Å². The molecule has 0 saturated carbocycles. The van der Waals surface area contributed by atoms with Crippen LogP contribution in [0.4, 0.5) is 17.1 Å². The number of fused-ring (bicyclic) bond motifs is 3. The van der Waals surface area contributed by atoms with Gasteiger partial charge in [0.2, 0.25) is 0 Å². The zero-order valence-electron chi connectivity index (χ0n) is 34.0. The fourth-order valence-corrected chi connectivity index (χ4v) is 8.88. The van der Waals surface area contributed by atoms with E-state index < -0.39 is 0 Å². The molecule has 10 aromatic carbocycles. The minimum atomic E-state index is 0.894. The first kappa shape index (κ1) is 36.8. The average Bonchev–Trinajstić information content (AvgIpc) is 3.73. The molecule has 1 aromatic heterocycles. The molecule has 2 heteroatoms. The van der Waals surface area contributed by atoms with Gasteiger partial charge in [-0.05, 0) is 116 Å². The molecular weight excluding hydrogens is 751 g/mol. The first-order valence-corrected chi connectivity index (χ1v) is 21.2. The van der Waals surface area contributed by atoms with Gasteiger partial charge in [-0.3, -0.25) is 0 Å². The Kier molecular flexibility index (Phi) is 9.57. The highest BCUT2D eigenvalue weighted by Crippen LogP contribution is 2.46. The van der Waals surface area contributed by atoms with E-state index >= 15 is 0 Å². The van der Waals surface area contributed by atoms with Crippen molar-refractivity contribution >= 4 is 39.0 Å². The summed E-state index contributed by atoms with van der Waals surface area (Å²) < 4.78 is 6.28. The van der Waals surface area contributed by atoms with Gasteiger partial charge in [-0.25, -0.2) is 0 Å². The molecule has 0 aliphatic heterocycles. The van der Waals surface area contributed by atoms with Crippen molar-refractivity contribution in [2.24, 2.45) is 0 Å². The van der Waals surface area contributed by atoms with E-state index in [0.29, 0.717) is 0 Å². The lowest BCUT2D eigenvalue weighted by atomic mass is 9.88. The van der Waals surface area contributed by atoms with Crippen molar-refractivity contribution in [2.45, 2.75) is 0 Å². The van der Waals surface area contributed by atoms with Crippen molar-refractivity contribution in [1.29, 1.82) is 0 Å². The molecule has 1 heterocycles. The van der Waals surface area contributed by atoms with Crippen LogP contribution in [0.25, 0.3) is 88.7 Å². The molecule has 11 aromatic rings. The lowest BCUT2D eigenvalue weighted by Crippen LogP contribution is -2.11. The Bertz CT molecular complexity index is 3330. The Morgan fingerprint density at radius 2 is 0.661 bits per heavy atom. The Balaban J connectivity index is 1.03. The van der Waals surface area contributed by atoms with E-state index in [2.05, 4.69) is 241 Å². The second-order valence-corrected chi connectivity index (χ2v) is 15.7. The molecule has 0 radical (unpaired) electrons. The summed E-state index contributed by atoms with van der Waals surface area (Å²) in [5.41, 5.74) is 19.1. The van der Waals surface area contributed by atoms with Crippen molar-refractivity contribution in [3.8, 4) is 66.8 Å². The zero-order valence-corrected chi connectivity index (χ0v) is 34.0. The molecular formula is C60H41NO. The van der Waals surface area contributed by atoms with Crippen LogP contribution in [0.15, 0.2) is 253 Å². The highest BCUT2D eigenvalue weighted by molar-refractivity contribution is 6.06. The van der Waals surface area contributed by atoms with Crippen molar-refractivity contribution in [3.05, 3.63) is 249 Å². The van der Waals surface area contributed by atoms with Gasteiger partial charge in [-0.15, -0.1) is 0 Å². The number of anilines is 3. The summed E-state index contributed by atoms with van der Waals surface area (Å²) in [5, 5.41) is 2.27. The zero-order chi connectivity index (χ0) is 41.2. The van der Waals surface area contributed by atoms with E-state index in [9.17, 15) is 0 Å². The van der Waals surface area contributed by atoms with E-state index in [4.69, 9.17) is 4.42 Å². The van der Waals surface area contributed by atoms with Gasteiger partial charge in [-0.1, -0.05) is 194 Å². The molecule has 0 bridgehead atoms. The van der Waals surface area contributed by atoms with Crippen LogP contribution in [0.2, 0.25) is 0 Å². The summed E-state index contributed by atoms with van der Waals surface area (Å²) in [6.45, 7) is 0. The highest BCUT2D eigenvalue weighted by Gasteiger charge is 2.21. The summed E-state index contributed by atoms with van der Waals surface area (Å²) >= 11 is 0. The summed E-state index contributed by atoms with van der Waals surface area (Å²) in [6.07, 6.45) is 0. The summed E-state index contributed by atoms with van der Waals surface area (Å²) in [4.78, 5) is 2.39. The molecule has 0 aliphatic carbocycles. The molecule has 0 N–H and O–H groups in total. The van der Waals surface area contributed by atoms with Crippen LogP contribution in [-0.2, 0) is 0 Å². The van der Waals surface area contributed by atoms with E-state index in [1.165, 1.54) is 50.1 Å². The Morgan fingerprint density at radius 3 is 1.31 bits per heavy atom. The van der Waals surface area contributed by atoms with Gasteiger partial charge in [-0.2, -0.15) is 0 Å². The standard InChI is InChI=1S/C60H41NO/c1-3-16-42(17-4-1)46-20-15-21-47(40-46)43-30-35-49(36-31-43)61(50-37-32-44(33-38-50)48-34-39-57-56-27-12-14-29-59(56)62-60(57)41-48)58-28-13-11-26-55(58)54-25-10-9-24-53(54)52-23-8-7-22-51(52)45-18-5-2-6-19-45/h1-41H. The number of rotatable bonds is 9. The smallest absolute Gasteiger partial charge is 0.136 e. The van der Waals surface area contributed by atoms with Gasteiger partial charge >= 0.3 is 0 Å². The van der Waals surface area contributed by atoms with Crippen LogP contribution in [0.3, 0.4) is 0 Å².